The molecule has 1 rings (SSSR count). The van der Waals surface area contributed by atoms with E-state index in [0.717, 1.165) is 22.7 Å². The van der Waals surface area contributed by atoms with Crippen LogP contribution >= 0.6 is 0 Å². The Labute approximate surface area is 132 Å². The van der Waals surface area contributed by atoms with Crippen molar-refractivity contribution in [1.29, 1.82) is 0 Å². The predicted molar refractivity (Wildman–Crippen MR) is 89.7 cm³/mol. The van der Waals surface area contributed by atoms with Crippen LogP contribution in [-0.4, -0.2) is 28.9 Å². The summed E-state index contributed by atoms with van der Waals surface area (Å²) in [6.07, 6.45) is 1.90. The first-order valence-electron chi connectivity index (χ1n) is 7.31. The second-order valence-electron chi connectivity index (χ2n) is 6.13. The van der Waals surface area contributed by atoms with E-state index in [4.69, 9.17) is 4.74 Å². The molecule has 0 aliphatic rings. The summed E-state index contributed by atoms with van der Waals surface area (Å²) >= 11 is 0. The highest BCUT2D eigenvalue weighted by atomic mass is 16.6. The Balaban J connectivity index is 2.65. The van der Waals surface area contributed by atoms with Gasteiger partial charge in [0.05, 0.1) is 11.4 Å². The average molecular weight is 303 g/mol. The standard InChI is InChI=1S/C17H25N3O2/c1-12(2)14(20-15-8-7-10-18-13(15)3)9-11-19-16(21)22-17(4,5)6/h7-8,10H,1,9,11H2,2-6H3,(H,19,21). The van der Waals surface area contributed by atoms with Gasteiger partial charge in [0.2, 0.25) is 0 Å². The normalized spacial score (nSPS) is 12.0. The summed E-state index contributed by atoms with van der Waals surface area (Å²) in [6, 6.07) is 3.76. The molecular formula is C17H25N3O2. The summed E-state index contributed by atoms with van der Waals surface area (Å²) in [7, 11) is 0. The molecule has 1 heterocycles. The average Bonchev–Trinajstić information content (AvgIpc) is 2.37. The van der Waals surface area contributed by atoms with Crippen molar-refractivity contribution >= 4 is 17.5 Å². The van der Waals surface area contributed by atoms with Crippen LogP contribution in [0, 0.1) is 6.92 Å². The van der Waals surface area contributed by atoms with Gasteiger partial charge in [-0.3, -0.25) is 9.98 Å². The molecule has 0 unspecified atom stereocenters. The molecule has 0 atom stereocenters. The van der Waals surface area contributed by atoms with Crippen molar-refractivity contribution in [3.63, 3.8) is 0 Å². The minimum atomic E-state index is -0.498. The maximum atomic E-state index is 11.6. The fourth-order valence-electron chi connectivity index (χ4n) is 1.70. The first-order chi connectivity index (χ1) is 10.2. The van der Waals surface area contributed by atoms with Gasteiger partial charge in [0, 0.05) is 24.9 Å². The lowest BCUT2D eigenvalue weighted by molar-refractivity contribution is 0.0529. The number of aliphatic imine (C=N–C) groups is 1. The predicted octanol–water partition coefficient (Wildman–Crippen LogP) is 3.95. The Bertz CT molecular complexity index is 572. The largest absolute Gasteiger partial charge is 0.444 e. The quantitative estimate of drug-likeness (QED) is 0.838. The van der Waals surface area contributed by atoms with E-state index in [1.54, 1.807) is 6.20 Å². The van der Waals surface area contributed by atoms with Gasteiger partial charge >= 0.3 is 6.09 Å². The van der Waals surface area contributed by atoms with Crippen LogP contribution in [0.2, 0.25) is 0 Å². The molecule has 1 aromatic rings. The summed E-state index contributed by atoms with van der Waals surface area (Å²) in [4.78, 5) is 20.4. The number of hydrogen-bond donors (Lipinski definition) is 1. The molecular weight excluding hydrogens is 278 g/mol. The number of ether oxygens (including phenoxy) is 1. The summed E-state index contributed by atoms with van der Waals surface area (Å²) < 4.78 is 5.20. The minimum absolute atomic E-state index is 0.425. The zero-order valence-electron chi connectivity index (χ0n) is 14.1. The number of nitrogens with zero attached hydrogens (tertiary/aromatic N) is 2. The van der Waals surface area contributed by atoms with E-state index in [0.29, 0.717) is 13.0 Å². The molecule has 0 spiro atoms. The van der Waals surface area contributed by atoms with Crippen molar-refractivity contribution in [2.45, 2.75) is 46.6 Å². The molecule has 0 bridgehead atoms. The Morgan fingerprint density at radius 1 is 1.45 bits per heavy atom. The first kappa shape index (κ1) is 17.9. The molecule has 1 N–H and O–H groups in total. The van der Waals surface area contributed by atoms with Crippen LogP contribution in [0.5, 0.6) is 0 Å². The summed E-state index contributed by atoms with van der Waals surface area (Å²) in [6.45, 7) is 13.7. The van der Waals surface area contributed by atoms with E-state index >= 15 is 0 Å². The number of rotatable bonds is 5. The van der Waals surface area contributed by atoms with E-state index < -0.39 is 11.7 Å². The fourth-order valence-corrected chi connectivity index (χ4v) is 1.70. The van der Waals surface area contributed by atoms with Gasteiger partial charge in [0.1, 0.15) is 5.60 Å². The van der Waals surface area contributed by atoms with Crippen LogP contribution in [0.25, 0.3) is 0 Å². The fraction of sp³-hybridized carbons (Fsp3) is 0.471. The second-order valence-corrected chi connectivity index (χ2v) is 6.13. The number of aromatic nitrogens is 1. The van der Waals surface area contributed by atoms with Crippen molar-refractivity contribution in [1.82, 2.24) is 10.3 Å². The summed E-state index contributed by atoms with van der Waals surface area (Å²) in [5, 5.41) is 2.73. The number of aryl methyl sites for hydroxylation is 1. The molecule has 0 aliphatic heterocycles. The van der Waals surface area contributed by atoms with Crippen LogP contribution in [0.3, 0.4) is 0 Å². The monoisotopic (exact) mass is 303 g/mol. The maximum absolute atomic E-state index is 11.6. The van der Waals surface area contributed by atoms with E-state index in [2.05, 4.69) is 21.9 Å². The van der Waals surface area contributed by atoms with Crippen LogP contribution < -0.4 is 5.32 Å². The molecule has 1 amide bonds. The van der Waals surface area contributed by atoms with Crippen molar-refractivity contribution < 1.29 is 9.53 Å². The Morgan fingerprint density at radius 2 is 2.14 bits per heavy atom. The molecule has 0 aromatic carbocycles. The van der Waals surface area contributed by atoms with Crippen molar-refractivity contribution in [2.75, 3.05) is 6.54 Å². The molecule has 0 radical (unpaired) electrons. The van der Waals surface area contributed by atoms with E-state index in [1.807, 2.05) is 46.8 Å². The van der Waals surface area contributed by atoms with E-state index in [-0.39, 0.29) is 0 Å². The highest BCUT2D eigenvalue weighted by Gasteiger charge is 2.15. The molecule has 5 nitrogen and oxygen atoms in total. The van der Waals surface area contributed by atoms with Gasteiger partial charge in [0.15, 0.2) is 0 Å². The van der Waals surface area contributed by atoms with Crippen molar-refractivity contribution in [3.05, 3.63) is 36.2 Å². The van der Waals surface area contributed by atoms with Crippen LogP contribution in [-0.2, 0) is 4.74 Å². The van der Waals surface area contributed by atoms with Gasteiger partial charge in [-0.25, -0.2) is 4.79 Å². The highest BCUT2D eigenvalue weighted by Crippen LogP contribution is 2.17. The number of nitrogens with one attached hydrogen (secondary N) is 1. The van der Waals surface area contributed by atoms with Crippen molar-refractivity contribution in [2.24, 2.45) is 4.99 Å². The molecule has 22 heavy (non-hydrogen) atoms. The van der Waals surface area contributed by atoms with Gasteiger partial charge < -0.3 is 10.1 Å². The van der Waals surface area contributed by atoms with Gasteiger partial charge in [-0.1, -0.05) is 6.58 Å². The lowest BCUT2D eigenvalue weighted by Gasteiger charge is -2.19. The number of allylic oxidation sites excluding steroid dienone is 1. The lowest BCUT2D eigenvalue weighted by atomic mass is 10.1. The van der Waals surface area contributed by atoms with Gasteiger partial charge in [-0.05, 0) is 52.3 Å². The number of carbonyl (C=O) groups is 1. The zero-order valence-corrected chi connectivity index (χ0v) is 14.1. The molecule has 0 saturated heterocycles. The number of alkyl carbamates (subject to hydrolysis) is 1. The SMILES string of the molecule is C=C(C)C(CCNC(=O)OC(C)(C)C)=Nc1cccnc1C. The highest BCUT2D eigenvalue weighted by molar-refractivity contribution is 6.01. The van der Waals surface area contributed by atoms with E-state index in [9.17, 15) is 4.79 Å². The molecule has 0 fully saturated rings. The second kappa shape index (κ2) is 7.73. The zero-order chi connectivity index (χ0) is 16.8. The van der Waals surface area contributed by atoms with Gasteiger partial charge in [-0.15, -0.1) is 0 Å². The first-order valence-corrected chi connectivity index (χ1v) is 7.31. The van der Waals surface area contributed by atoms with Crippen molar-refractivity contribution in [3.8, 4) is 0 Å². The molecule has 120 valence electrons. The third-order valence-corrected chi connectivity index (χ3v) is 2.76. The molecule has 0 aliphatic carbocycles. The number of hydrogen-bond acceptors (Lipinski definition) is 4. The lowest BCUT2D eigenvalue weighted by Crippen LogP contribution is -2.33. The maximum Gasteiger partial charge on any atom is 0.407 e. The third-order valence-electron chi connectivity index (χ3n) is 2.76. The van der Waals surface area contributed by atoms with Crippen LogP contribution in [0.4, 0.5) is 10.5 Å². The Kier molecular flexibility index (Phi) is 6.28. The smallest absolute Gasteiger partial charge is 0.407 e. The molecule has 1 aromatic heterocycles. The topological polar surface area (TPSA) is 63.6 Å². The van der Waals surface area contributed by atoms with Gasteiger partial charge in [0.25, 0.3) is 0 Å². The summed E-state index contributed by atoms with van der Waals surface area (Å²) in [5.74, 6) is 0. The van der Waals surface area contributed by atoms with Gasteiger partial charge in [-0.2, -0.15) is 0 Å². The van der Waals surface area contributed by atoms with E-state index in [1.165, 1.54) is 0 Å². The van der Waals surface area contributed by atoms with Crippen LogP contribution in [0.15, 0.2) is 35.5 Å². The number of amides is 1. The minimum Gasteiger partial charge on any atom is -0.444 e. The summed E-state index contributed by atoms with van der Waals surface area (Å²) in [5.41, 5.74) is 2.89. The number of pyridine rings is 1. The number of carbonyl (C=O) groups excluding carboxylic acids is 1. The Morgan fingerprint density at radius 3 is 2.68 bits per heavy atom. The molecule has 0 saturated carbocycles. The van der Waals surface area contributed by atoms with Crippen LogP contribution in [0.1, 0.15) is 39.8 Å². The molecule has 5 heteroatoms. The third kappa shape index (κ3) is 6.52. The Hall–Kier alpha value is -2.17.